The molecule has 0 atom stereocenters. The highest BCUT2D eigenvalue weighted by Crippen LogP contribution is 2.16. The number of hydrogen-bond donors (Lipinski definition) is 1. The van der Waals surface area contributed by atoms with Gasteiger partial charge in [-0.15, -0.1) is 0 Å². The predicted octanol–water partition coefficient (Wildman–Crippen LogP) is 1.80. The number of nitrogens with two attached hydrogens (primary N) is 1. The zero-order valence-corrected chi connectivity index (χ0v) is 6.34. The molecule has 11 heavy (non-hydrogen) atoms. The van der Waals surface area contributed by atoms with Crippen molar-refractivity contribution in [3.05, 3.63) is 29.3 Å². The Morgan fingerprint density at radius 1 is 1.55 bits per heavy atom. The van der Waals surface area contributed by atoms with E-state index in [1.54, 1.807) is 18.2 Å². The molecule has 1 rings (SSSR count). The SMILES string of the molecule is NC(=O)Oc1cccc(Cl)c1. The Kier molecular flexibility index (Phi) is 2.33. The Labute approximate surface area is 68.7 Å². The molecule has 2 N–H and O–H groups in total. The molecule has 0 unspecified atom stereocenters. The average molecular weight is 172 g/mol. The number of carbonyl (C=O) groups excluding carboxylic acids is 1. The van der Waals surface area contributed by atoms with Gasteiger partial charge in [0.15, 0.2) is 0 Å². The van der Waals surface area contributed by atoms with Crippen LogP contribution in [-0.4, -0.2) is 6.09 Å². The maximum absolute atomic E-state index is 10.2. The second kappa shape index (κ2) is 3.25. The van der Waals surface area contributed by atoms with Crippen molar-refractivity contribution in [3.8, 4) is 5.75 Å². The van der Waals surface area contributed by atoms with Crippen LogP contribution in [0.25, 0.3) is 0 Å². The molecule has 0 aromatic heterocycles. The fraction of sp³-hybridized carbons (Fsp3) is 0. The maximum atomic E-state index is 10.2. The molecule has 3 nitrogen and oxygen atoms in total. The lowest BCUT2D eigenvalue weighted by Gasteiger charge is -1.98. The van der Waals surface area contributed by atoms with E-state index in [4.69, 9.17) is 17.3 Å². The van der Waals surface area contributed by atoms with E-state index in [0.29, 0.717) is 10.8 Å². The van der Waals surface area contributed by atoms with Gasteiger partial charge in [-0.3, -0.25) is 0 Å². The van der Waals surface area contributed by atoms with Gasteiger partial charge in [-0.2, -0.15) is 0 Å². The number of halogens is 1. The van der Waals surface area contributed by atoms with E-state index < -0.39 is 6.09 Å². The van der Waals surface area contributed by atoms with Crippen molar-refractivity contribution in [1.82, 2.24) is 0 Å². The van der Waals surface area contributed by atoms with Crippen molar-refractivity contribution >= 4 is 17.7 Å². The number of benzene rings is 1. The first-order valence-electron chi connectivity index (χ1n) is 2.91. The minimum atomic E-state index is -0.840. The Morgan fingerprint density at radius 3 is 2.82 bits per heavy atom. The Hall–Kier alpha value is -1.22. The van der Waals surface area contributed by atoms with E-state index in [-0.39, 0.29) is 0 Å². The minimum Gasteiger partial charge on any atom is -0.410 e. The number of primary amides is 1. The van der Waals surface area contributed by atoms with Gasteiger partial charge in [0.1, 0.15) is 5.75 Å². The molecule has 0 heterocycles. The first kappa shape index (κ1) is 7.88. The van der Waals surface area contributed by atoms with E-state index in [1.807, 2.05) is 0 Å². The molecule has 0 bridgehead atoms. The molecule has 1 aromatic carbocycles. The molecule has 0 spiro atoms. The van der Waals surface area contributed by atoms with Gasteiger partial charge in [-0.25, -0.2) is 4.79 Å². The van der Waals surface area contributed by atoms with Gasteiger partial charge in [0.05, 0.1) is 0 Å². The smallest absolute Gasteiger partial charge is 0.409 e. The summed E-state index contributed by atoms with van der Waals surface area (Å²) in [6, 6.07) is 6.44. The van der Waals surface area contributed by atoms with Crippen molar-refractivity contribution in [3.63, 3.8) is 0 Å². The molecule has 0 aliphatic carbocycles. The third kappa shape index (κ3) is 2.47. The highest BCUT2D eigenvalue weighted by atomic mass is 35.5. The fourth-order valence-corrected chi connectivity index (χ4v) is 0.827. The molecule has 1 aromatic rings. The minimum absolute atomic E-state index is 0.352. The highest BCUT2D eigenvalue weighted by Gasteiger charge is 1.97. The van der Waals surface area contributed by atoms with Crippen molar-refractivity contribution in [1.29, 1.82) is 0 Å². The quantitative estimate of drug-likeness (QED) is 0.701. The standard InChI is InChI=1S/C7H6ClNO2/c8-5-2-1-3-6(4-5)11-7(9)10/h1-4H,(H2,9,10). The highest BCUT2D eigenvalue weighted by molar-refractivity contribution is 6.30. The van der Waals surface area contributed by atoms with Gasteiger partial charge >= 0.3 is 6.09 Å². The van der Waals surface area contributed by atoms with Crippen molar-refractivity contribution in [2.24, 2.45) is 5.73 Å². The second-order valence-electron chi connectivity index (χ2n) is 1.88. The van der Waals surface area contributed by atoms with Crippen LogP contribution in [0.5, 0.6) is 5.75 Å². The molecular weight excluding hydrogens is 166 g/mol. The van der Waals surface area contributed by atoms with E-state index in [0.717, 1.165) is 0 Å². The van der Waals surface area contributed by atoms with Gasteiger partial charge < -0.3 is 10.5 Å². The van der Waals surface area contributed by atoms with Crippen LogP contribution in [0.15, 0.2) is 24.3 Å². The molecule has 0 saturated heterocycles. The summed E-state index contributed by atoms with van der Waals surface area (Å²) in [7, 11) is 0. The first-order chi connectivity index (χ1) is 5.18. The molecule has 0 aliphatic rings. The Morgan fingerprint density at radius 2 is 2.27 bits per heavy atom. The van der Waals surface area contributed by atoms with E-state index in [2.05, 4.69) is 4.74 Å². The van der Waals surface area contributed by atoms with E-state index in [9.17, 15) is 4.79 Å². The zero-order valence-electron chi connectivity index (χ0n) is 5.58. The molecule has 58 valence electrons. The van der Waals surface area contributed by atoms with Gasteiger partial charge in [0.25, 0.3) is 0 Å². The van der Waals surface area contributed by atoms with Crippen LogP contribution in [0.2, 0.25) is 5.02 Å². The van der Waals surface area contributed by atoms with Crippen LogP contribution in [0.4, 0.5) is 4.79 Å². The normalized spacial score (nSPS) is 9.18. The van der Waals surface area contributed by atoms with Gasteiger partial charge in [0.2, 0.25) is 0 Å². The summed E-state index contributed by atoms with van der Waals surface area (Å²) < 4.78 is 4.55. The van der Waals surface area contributed by atoms with Gasteiger partial charge in [0, 0.05) is 5.02 Å². The number of carbonyl (C=O) groups is 1. The van der Waals surface area contributed by atoms with Crippen LogP contribution in [0.3, 0.4) is 0 Å². The third-order valence-corrected chi connectivity index (χ3v) is 1.25. The summed E-state index contributed by atoms with van der Waals surface area (Å²) in [5, 5.41) is 0.503. The lowest BCUT2D eigenvalue weighted by molar-refractivity contribution is 0.211. The zero-order chi connectivity index (χ0) is 8.27. The molecule has 1 amide bonds. The van der Waals surface area contributed by atoms with Crippen LogP contribution >= 0.6 is 11.6 Å². The largest absolute Gasteiger partial charge is 0.410 e. The van der Waals surface area contributed by atoms with Crippen molar-refractivity contribution in [2.75, 3.05) is 0 Å². The Bertz CT molecular complexity index is 275. The summed E-state index contributed by atoms with van der Waals surface area (Å²) in [5.74, 6) is 0.352. The van der Waals surface area contributed by atoms with Crippen LogP contribution in [0.1, 0.15) is 0 Å². The molecule has 0 aliphatic heterocycles. The van der Waals surface area contributed by atoms with Crippen LogP contribution in [-0.2, 0) is 0 Å². The fourth-order valence-electron chi connectivity index (χ4n) is 0.647. The molecule has 4 heteroatoms. The maximum Gasteiger partial charge on any atom is 0.409 e. The van der Waals surface area contributed by atoms with Gasteiger partial charge in [-0.05, 0) is 18.2 Å². The van der Waals surface area contributed by atoms with Crippen LogP contribution < -0.4 is 10.5 Å². The summed E-state index contributed by atoms with van der Waals surface area (Å²) in [6.07, 6.45) is -0.840. The number of hydrogen-bond acceptors (Lipinski definition) is 2. The third-order valence-electron chi connectivity index (χ3n) is 1.01. The summed E-state index contributed by atoms with van der Waals surface area (Å²) in [4.78, 5) is 10.2. The predicted molar refractivity (Wildman–Crippen MR) is 41.7 cm³/mol. The number of amides is 1. The van der Waals surface area contributed by atoms with E-state index in [1.165, 1.54) is 6.07 Å². The number of rotatable bonds is 1. The lowest BCUT2D eigenvalue weighted by atomic mass is 10.3. The lowest BCUT2D eigenvalue weighted by Crippen LogP contribution is -2.16. The van der Waals surface area contributed by atoms with E-state index >= 15 is 0 Å². The van der Waals surface area contributed by atoms with Crippen molar-refractivity contribution < 1.29 is 9.53 Å². The average Bonchev–Trinajstić information content (AvgIpc) is 1.85. The van der Waals surface area contributed by atoms with Gasteiger partial charge in [-0.1, -0.05) is 17.7 Å². The number of ether oxygens (including phenoxy) is 1. The topological polar surface area (TPSA) is 52.3 Å². The molecule has 0 saturated carbocycles. The summed E-state index contributed by atoms with van der Waals surface area (Å²) in [5.41, 5.74) is 4.77. The van der Waals surface area contributed by atoms with Crippen LogP contribution in [0, 0.1) is 0 Å². The van der Waals surface area contributed by atoms with Crippen molar-refractivity contribution in [2.45, 2.75) is 0 Å². The first-order valence-corrected chi connectivity index (χ1v) is 3.29. The molecule has 0 fully saturated rings. The second-order valence-corrected chi connectivity index (χ2v) is 2.31. The Balaban J connectivity index is 2.79. The summed E-state index contributed by atoms with van der Waals surface area (Å²) in [6.45, 7) is 0. The monoisotopic (exact) mass is 171 g/mol. The molecule has 0 radical (unpaired) electrons. The molecular formula is C7H6ClNO2. The summed E-state index contributed by atoms with van der Waals surface area (Å²) >= 11 is 5.60.